The number of benzene rings is 3. The molecule has 0 aliphatic carbocycles. The van der Waals surface area contributed by atoms with Gasteiger partial charge in [0.05, 0.1) is 6.54 Å². The van der Waals surface area contributed by atoms with Crippen molar-refractivity contribution >= 4 is 34.2 Å². The summed E-state index contributed by atoms with van der Waals surface area (Å²) in [7, 11) is 0. The van der Waals surface area contributed by atoms with E-state index in [1.54, 1.807) is 4.90 Å². The Labute approximate surface area is 180 Å². The predicted octanol–water partition coefficient (Wildman–Crippen LogP) is 3.77. The molecule has 0 saturated carbocycles. The first-order valence-corrected chi connectivity index (χ1v) is 9.95. The van der Waals surface area contributed by atoms with E-state index in [4.69, 9.17) is 5.73 Å². The van der Waals surface area contributed by atoms with Crippen molar-refractivity contribution in [1.82, 2.24) is 4.90 Å². The third-order valence-electron chi connectivity index (χ3n) is 5.60. The van der Waals surface area contributed by atoms with E-state index >= 15 is 0 Å². The zero-order valence-electron chi connectivity index (χ0n) is 17.5. The molecule has 31 heavy (non-hydrogen) atoms. The molecular formula is C25H23N3O3. The average molecular weight is 413 g/mol. The minimum atomic E-state index is -0.603. The van der Waals surface area contributed by atoms with Crippen molar-refractivity contribution in [2.45, 2.75) is 20.4 Å². The highest BCUT2D eigenvalue weighted by Gasteiger charge is 2.29. The Morgan fingerprint density at radius 1 is 1.10 bits per heavy atom. The summed E-state index contributed by atoms with van der Waals surface area (Å²) < 4.78 is 0. The summed E-state index contributed by atoms with van der Waals surface area (Å²) in [5, 5.41) is 4.87. The van der Waals surface area contributed by atoms with E-state index in [2.05, 4.69) is 18.0 Å². The summed E-state index contributed by atoms with van der Waals surface area (Å²) in [6.45, 7) is 7.63. The number of rotatable bonds is 5. The number of carbonyl (C=O) groups is 3. The van der Waals surface area contributed by atoms with E-state index in [-0.39, 0.29) is 23.9 Å². The number of nitrogens with two attached hydrogens (primary N) is 1. The van der Waals surface area contributed by atoms with E-state index in [1.165, 1.54) is 6.92 Å². The van der Waals surface area contributed by atoms with Crippen LogP contribution in [0.1, 0.15) is 28.4 Å². The average Bonchev–Trinajstić information content (AvgIpc) is 3.04. The molecule has 0 spiro atoms. The molecule has 0 fully saturated rings. The normalized spacial score (nSPS) is 12.7. The summed E-state index contributed by atoms with van der Waals surface area (Å²) in [5.41, 5.74) is 10.9. The van der Waals surface area contributed by atoms with Gasteiger partial charge >= 0.3 is 0 Å². The van der Waals surface area contributed by atoms with Crippen molar-refractivity contribution in [3.63, 3.8) is 0 Å². The second kappa shape index (κ2) is 7.72. The van der Waals surface area contributed by atoms with E-state index in [1.807, 2.05) is 49.4 Å². The van der Waals surface area contributed by atoms with Gasteiger partial charge in [-0.15, -0.1) is 0 Å². The smallest absolute Gasteiger partial charge is 0.254 e. The van der Waals surface area contributed by atoms with E-state index in [0.29, 0.717) is 12.1 Å². The monoisotopic (exact) mass is 413 g/mol. The number of hydrogen-bond acceptors (Lipinski definition) is 3. The first-order chi connectivity index (χ1) is 14.7. The highest BCUT2D eigenvalue weighted by atomic mass is 16.2. The maximum atomic E-state index is 12.8. The molecule has 6 nitrogen and oxygen atoms in total. The van der Waals surface area contributed by atoms with Gasteiger partial charge in [0.15, 0.2) is 0 Å². The van der Waals surface area contributed by atoms with Crippen LogP contribution in [0.25, 0.3) is 21.9 Å². The van der Waals surface area contributed by atoms with Gasteiger partial charge in [0, 0.05) is 30.3 Å². The number of fused-ring (bicyclic) bond motifs is 3. The summed E-state index contributed by atoms with van der Waals surface area (Å²) in [4.78, 5) is 37.1. The fraction of sp³-hybridized carbons (Fsp3) is 0.160. The quantitative estimate of drug-likeness (QED) is 0.624. The standard InChI is InChI=1S/C25H23N3O3/c1-14-10-18(7-9-23(14)27-16(3)29)19-5-4-17-6-8-20-22(21(17)11-19)13-28(25(20)31)12-15(2)24(26)30/h4-11H,2,12-13H2,1,3H3,(H2,26,30)(H,27,29). The van der Waals surface area contributed by atoms with E-state index < -0.39 is 5.91 Å². The second-order valence-electron chi connectivity index (χ2n) is 7.87. The maximum Gasteiger partial charge on any atom is 0.254 e. The molecule has 1 heterocycles. The molecular weight excluding hydrogens is 390 g/mol. The highest BCUT2D eigenvalue weighted by molar-refractivity contribution is 6.05. The molecule has 0 saturated heterocycles. The SMILES string of the molecule is C=C(CN1Cc2c(ccc3ccc(-c4ccc(NC(C)=O)c(C)c4)cc23)C1=O)C(N)=O. The van der Waals surface area contributed by atoms with Crippen molar-refractivity contribution in [2.24, 2.45) is 5.73 Å². The third-order valence-corrected chi connectivity index (χ3v) is 5.60. The summed E-state index contributed by atoms with van der Waals surface area (Å²) in [6, 6.07) is 15.8. The van der Waals surface area contributed by atoms with Crippen molar-refractivity contribution in [1.29, 1.82) is 0 Å². The largest absolute Gasteiger partial charge is 0.366 e. The van der Waals surface area contributed by atoms with Crippen LogP contribution < -0.4 is 11.1 Å². The lowest BCUT2D eigenvalue weighted by molar-refractivity contribution is -0.115. The van der Waals surface area contributed by atoms with Crippen LogP contribution in [0.2, 0.25) is 0 Å². The van der Waals surface area contributed by atoms with Crippen molar-refractivity contribution in [3.8, 4) is 11.1 Å². The lowest BCUT2D eigenvalue weighted by Gasteiger charge is -2.15. The molecule has 0 radical (unpaired) electrons. The van der Waals surface area contributed by atoms with Gasteiger partial charge in [0.2, 0.25) is 11.8 Å². The summed E-state index contributed by atoms with van der Waals surface area (Å²) >= 11 is 0. The van der Waals surface area contributed by atoms with Crippen LogP contribution in [-0.4, -0.2) is 29.2 Å². The molecule has 4 rings (SSSR count). The molecule has 0 bridgehead atoms. The van der Waals surface area contributed by atoms with Crippen molar-refractivity contribution < 1.29 is 14.4 Å². The highest BCUT2D eigenvalue weighted by Crippen LogP contribution is 2.34. The maximum absolute atomic E-state index is 12.8. The van der Waals surface area contributed by atoms with Gasteiger partial charge < -0.3 is 16.0 Å². The molecule has 0 atom stereocenters. The minimum Gasteiger partial charge on any atom is -0.366 e. The predicted molar refractivity (Wildman–Crippen MR) is 121 cm³/mol. The first-order valence-electron chi connectivity index (χ1n) is 9.95. The molecule has 3 amide bonds. The molecule has 3 aromatic carbocycles. The lowest BCUT2D eigenvalue weighted by Crippen LogP contribution is -2.30. The van der Waals surface area contributed by atoms with Crippen molar-refractivity contribution in [2.75, 3.05) is 11.9 Å². The van der Waals surface area contributed by atoms with Gasteiger partial charge in [-0.3, -0.25) is 14.4 Å². The van der Waals surface area contributed by atoms with Crippen LogP contribution in [0.15, 0.2) is 60.7 Å². The van der Waals surface area contributed by atoms with Gasteiger partial charge in [0.1, 0.15) is 0 Å². The molecule has 1 aliphatic heterocycles. The molecule has 0 unspecified atom stereocenters. The Hall–Kier alpha value is -3.93. The Morgan fingerprint density at radius 3 is 2.45 bits per heavy atom. The topological polar surface area (TPSA) is 92.5 Å². The Bertz CT molecular complexity index is 1280. The van der Waals surface area contributed by atoms with Crippen LogP contribution in [0.4, 0.5) is 5.69 Å². The van der Waals surface area contributed by atoms with Crippen LogP contribution >= 0.6 is 0 Å². The van der Waals surface area contributed by atoms with Crippen LogP contribution in [-0.2, 0) is 16.1 Å². The molecule has 1 aliphatic rings. The fourth-order valence-electron chi connectivity index (χ4n) is 3.97. The number of carbonyl (C=O) groups excluding carboxylic acids is 3. The van der Waals surface area contributed by atoms with E-state index in [0.717, 1.165) is 38.7 Å². The van der Waals surface area contributed by atoms with Gasteiger partial charge in [-0.05, 0) is 64.2 Å². The number of aryl methyl sites for hydroxylation is 1. The molecule has 3 N–H and O–H groups in total. The number of anilines is 1. The summed E-state index contributed by atoms with van der Waals surface area (Å²) in [5.74, 6) is -0.834. The second-order valence-corrected chi connectivity index (χ2v) is 7.87. The number of nitrogens with one attached hydrogen (secondary N) is 1. The Kier molecular flexibility index (Phi) is 5.07. The van der Waals surface area contributed by atoms with Crippen molar-refractivity contribution in [3.05, 3.63) is 77.4 Å². The van der Waals surface area contributed by atoms with Gasteiger partial charge in [0.25, 0.3) is 5.91 Å². The van der Waals surface area contributed by atoms with Gasteiger partial charge in [-0.25, -0.2) is 0 Å². The Balaban J connectivity index is 1.72. The number of nitrogens with zero attached hydrogens (tertiary/aromatic N) is 1. The van der Waals surface area contributed by atoms with Crippen LogP contribution in [0.3, 0.4) is 0 Å². The van der Waals surface area contributed by atoms with Gasteiger partial charge in [-0.1, -0.05) is 30.8 Å². The van der Waals surface area contributed by atoms with E-state index in [9.17, 15) is 14.4 Å². The Morgan fingerprint density at radius 2 is 1.77 bits per heavy atom. The molecule has 156 valence electrons. The van der Waals surface area contributed by atoms with Crippen LogP contribution in [0.5, 0.6) is 0 Å². The number of primary amides is 1. The molecule has 0 aromatic heterocycles. The first kappa shape index (κ1) is 20.3. The third kappa shape index (κ3) is 3.80. The van der Waals surface area contributed by atoms with Crippen LogP contribution in [0, 0.1) is 6.92 Å². The summed E-state index contributed by atoms with van der Waals surface area (Å²) in [6.07, 6.45) is 0. The lowest BCUT2D eigenvalue weighted by atomic mass is 9.95. The molecule has 6 heteroatoms. The number of amides is 3. The fourth-order valence-corrected chi connectivity index (χ4v) is 3.97. The zero-order valence-corrected chi connectivity index (χ0v) is 17.5. The molecule has 3 aromatic rings. The van der Waals surface area contributed by atoms with Gasteiger partial charge in [-0.2, -0.15) is 0 Å². The minimum absolute atomic E-state index is 0.106. The number of hydrogen-bond donors (Lipinski definition) is 2. The zero-order chi connectivity index (χ0) is 22.3.